The molecular weight excluding hydrogens is 395 g/mol. The number of halogens is 3. The van der Waals surface area contributed by atoms with Gasteiger partial charge in [-0.1, -0.05) is 29.4 Å². The van der Waals surface area contributed by atoms with Gasteiger partial charge in [-0.15, -0.1) is 0 Å². The summed E-state index contributed by atoms with van der Waals surface area (Å²) in [5, 5.41) is 8.29. The lowest BCUT2D eigenvalue weighted by Gasteiger charge is -2.08. The van der Waals surface area contributed by atoms with Crippen molar-refractivity contribution in [3.05, 3.63) is 71.5 Å². The minimum atomic E-state index is -4.34. The monoisotopic (exact) mass is 413 g/mol. The molecule has 0 bridgehead atoms. The van der Waals surface area contributed by atoms with Gasteiger partial charge in [0.05, 0.1) is 23.0 Å². The zero-order valence-electron chi connectivity index (χ0n) is 16.0. The lowest BCUT2D eigenvalue weighted by atomic mass is 10.0. The van der Waals surface area contributed by atoms with Gasteiger partial charge in [-0.3, -0.25) is 4.68 Å². The molecule has 0 saturated carbocycles. The predicted molar refractivity (Wildman–Crippen MR) is 105 cm³/mol. The molecule has 30 heavy (non-hydrogen) atoms. The molecule has 0 amide bonds. The van der Waals surface area contributed by atoms with E-state index in [1.165, 1.54) is 12.1 Å². The van der Waals surface area contributed by atoms with Gasteiger partial charge >= 0.3 is 6.18 Å². The number of hydrogen-bond acceptors (Lipinski definition) is 5. The summed E-state index contributed by atoms with van der Waals surface area (Å²) >= 11 is 0. The topological polar surface area (TPSA) is 82.8 Å². The third-order valence-electron chi connectivity index (χ3n) is 4.79. The van der Waals surface area contributed by atoms with E-state index in [4.69, 9.17) is 10.3 Å². The number of aryl methyl sites for hydroxylation is 2. The van der Waals surface area contributed by atoms with Gasteiger partial charge in [-0.2, -0.15) is 23.3 Å². The second-order valence-electron chi connectivity index (χ2n) is 6.87. The second-order valence-corrected chi connectivity index (χ2v) is 6.87. The number of rotatable bonds is 5. The molecule has 9 heteroatoms. The van der Waals surface area contributed by atoms with E-state index in [1.807, 2.05) is 6.07 Å². The average molecular weight is 413 g/mol. The number of aromatic nitrogens is 4. The van der Waals surface area contributed by atoms with Crippen molar-refractivity contribution in [3.63, 3.8) is 0 Å². The molecule has 0 atom stereocenters. The number of nitrogens with zero attached hydrogens (tertiary/aromatic N) is 4. The van der Waals surface area contributed by atoms with Gasteiger partial charge in [0.2, 0.25) is 5.82 Å². The summed E-state index contributed by atoms with van der Waals surface area (Å²) in [6.07, 6.45) is -1.61. The third kappa shape index (κ3) is 4.05. The number of nitrogen functional groups attached to an aromatic ring is 1. The molecule has 4 aromatic rings. The van der Waals surface area contributed by atoms with Crippen LogP contribution < -0.4 is 5.73 Å². The van der Waals surface area contributed by atoms with Crippen molar-refractivity contribution in [3.8, 4) is 22.8 Å². The Balaban J connectivity index is 1.54. The molecule has 0 aliphatic heterocycles. The summed E-state index contributed by atoms with van der Waals surface area (Å²) in [7, 11) is 1.79. The summed E-state index contributed by atoms with van der Waals surface area (Å²) < 4.78 is 45.3. The molecule has 0 saturated heterocycles. The van der Waals surface area contributed by atoms with Crippen LogP contribution in [0.5, 0.6) is 0 Å². The highest BCUT2D eigenvalue weighted by molar-refractivity contribution is 5.64. The maximum Gasteiger partial charge on any atom is 0.416 e. The van der Waals surface area contributed by atoms with E-state index in [2.05, 4.69) is 15.2 Å². The Bertz CT molecular complexity index is 1160. The van der Waals surface area contributed by atoms with E-state index in [9.17, 15) is 13.2 Å². The second kappa shape index (κ2) is 7.66. The lowest BCUT2D eigenvalue weighted by Crippen LogP contribution is -2.05. The SMILES string of the molecule is Cn1ncc(-c2nc(-c3cccc(N)c3)no2)c1CCc1ccc(C(F)(F)F)cc1. The zero-order valence-corrected chi connectivity index (χ0v) is 16.0. The molecule has 0 radical (unpaired) electrons. The largest absolute Gasteiger partial charge is 0.416 e. The van der Waals surface area contributed by atoms with Gasteiger partial charge in [-0.25, -0.2) is 0 Å². The van der Waals surface area contributed by atoms with Gasteiger partial charge in [0.1, 0.15) is 0 Å². The number of alkyl halides is 3. The van der Waals surface area contributed by atoms with E-state index < -0.39 is 11.7 Å². The van der Waals surface area contributed by atoms with Crippen molar-refractivity contribution >= 4 is 5.69 Å². The number of hydrogen-bond donors (Lipinski definition) is 1. The van der Waals surface area contributed by atoms with Crippen molar-refractivity contribution in [2.45, 2.75) is 19.0 Å². The van der Waals surface area contributed by atoms with Crippen LogP contribution in [0.1, 0.15) is 16.8 Å². The minimum absolute atomic E-state index is 0.322. The fraction of sp³-hybridized carbons (Fsp3) is 0.190. The van der Waals surface area contributed by atoms with Crippen LogP contribution >= 0.6 is 0 Å². The van der Waals surface area contributed by atoms with Crippen LogP contribution in [0.15, 0.2) is 59.3 Å². The van der Waals surface area contributed by atoms with Crippen LogP contribution in [0.3, 0.4) is 0 Å². The molecule has 0 aliphatic rings. The summed E-state index contributed by atoms with van der Waals surface area (Å²) in [6.45, 7) is 0. The number of benzene rings is 2. The maximum atomic E-state index is 12.7. The molecule has 4 rings (SSSR count). The van der Waals surface area contributed by atoms with Crippen LogP contribution in [0, 0.1) is 0 Å². The number of nitrogens with two attached hydrogens (primary N) is 1. The van der Waals surface area contributed by atoms with Crippen molar-refractivity contribution in [2.24, 2.45) is 7.05 Å². The Morgan fingerprint density at radius 2 is 1.83 bits per heavy atom. The first kappa shape index (κ1) is 19.7. The Morgan fingerprint density at radius 1 is 1.07 bits per heavy atom. The van der Waals surface area contributed by atoms with Crippen LogP contribution in [0.2, 0.25) is 0 Å². The standard InChI is InChI=1S/C21H18F3N5O/c1-29-18(10-7-13-5-8-15(9-6-13)21(22,23)24)17(12-26-29)20-27-19(28-30-20)14-3-2-4-16(25)11-14/h2-6,8-9,11-12H,7,10,25H2,1H3. The molecule has 154 valence electrons. The average Bonchev–Trinajstić information content (AvgIpc) is 3.33. The van der Waals surface area contributed by atoms with Crippen molar-refractivity contribution in [2.75, 3.05) is 5.73 Å². The normalized spacial score (nSPS) is 11.7. The Labute approximate surface area is 170 Å². The van der Waals surface area contributed by atoms with Gasteiger partial charge in [0.25, 0.3) is 5.89 Å². The third-order valence-corrected chi connectivity index (χ3v) is 4.79. The highest BCUT2D eigenvalue weighted by atomic mass is 19.4. The molecule has 0 spiro atoms. The van der Waals surface area contributed by atoms with Gasteiger partial charge in [-0.05, 0) is 42.7 Å². The van der Waals surface area contributed by atoms with E-state index in [0.717, 1.165) is 29.0 Å². The van der Waals surface area contributed by atoms with Gasteiger partial charge in [0.15, 0.2) is 0 Å². The molecule has 0 aliphatic carbocycles. The Hall–Kier alpha value is -3.62. The lowest BCUT2D eigenvalue weighted by molar-refractivity contribution is -0.137. The zero-order chi connectivity index (χ0) is 21.3. The maximum absolute atomic E-state index is 12.7. The molecule has 2 aromatic heterocycles. The molecule has 2 N–H and O–H groups in total. The summed E-state index contributed by atoms with van der Waals surface area (Å²) in [5.41, 5.74) is 8.80. The first-order chi connectivity index (χ1) is 14.3. The van der Waals surface area contributed by atoms with Crippen molar-refractivity contribution in [1.29, 1.82) is 0 Å². The van der Waals surface area contributed by atoms with Crippen LogP contribution in [-0.2, 0) is 26.1 Å². The Morgan fingerprint density at radius 3 is 2.53 bits per heavy atom. The first-order valence-corrected chi connectivity index (χ1v) is 9.18. The molecular formula is C21H18F3N5O. The van der Waals surface area contributed by atoms with Gasteiger partial charge < -0.3 is 10.3 Å². The Kier molecular flexibility index (Phi) is 5.03. The molecule has 6 nitrogen and oxygen atoms in total. The first-order valence-electron chi connectivity index (χ1n) is 9.18. The van der Waals surface area contributed by atoms with Crippen LogP contribution in [0.25, 0.3) is 22.8 Å². The highest BCUT2D eigenvalue weighted by Gasteiger charge is 2.29. The minimum Gasteiger partial charge on any atom is -0.399 e. The molecule has 0 unspecified atom stereocenters. The van der Waals surface area contributed by atoms with E-state index in [0.29, 0.717) is 35.8 Å². The van der Waals surface area contributed by atoms with Crippen molar-refractivity contribution < 1.29 is 17.7 Å². The highest BCUT2D eigenvalue weighted by Crippen LogP contribution is 2.30. The summed E-state index contributed by atoms with van der Waals surface area (Å²) in [4.78, 5) is 4.45. The van der Waals surface area contributed by atoms with Crippen LogP contribution in [-0.4, -0.2) is 19.9 Å². The summed E-state index contributed by atoms with van der Waals surface area (Å²) in [5.74, 6) is 0.734. The van der Waals surface area contributed by atoms with Crippen molar-refractivity contribution in [1.82, 2.24) is 19.9 Å². The summed E-state index contributed by atoms with van der Waals surface area (Å²) in [6, 6.07) is 12.3. The predicted octanol–water partition coefficient (Wildman–Crippen LogP) is 4.52. The number of anilines is 1. The van der Waals surface area contributed by atoms with E-state index in [-0.39, 0.29) is 0 Å². The quantitative estimate of drug-likeness (QED) is 0.486. The van der Waals surface area contributed by atoms with Crippen LogP contribution in [0.4, 0.5) is 18.9 Å². The van der Waals surface area contributed by atoms with E-state index in [1.54, 1.807) is 36.1 Å². The molecule has 0 fully saturated rings. The fourth-order valence-electron chi connectivity index (χ4n) is 3.19. The van der Waals surface area contributed by atoms with Gasteiger partial charge in [0, 0.05) is 18.3 Å². The smallest absolute Gasteiger partial charge is 0.399 e. The molecule has 2 heterocycles. The molecule has 2 aromatic carbocycles. The van der Waals surface area contributed by atoms with E-state index >= 15 is 0 Å². The fourth-order valence-corrected chi connectivity index (χ4v) is 3.19.